The number of rotatable bonds is 1. The molecular weight excluding hydrogens is 186 g/mol. The van der Waals surface area contributed by atoms with Crippen molar-refractivity contribution in [3.05, 3.63) is 18.0 Å². The smallest absolute Gasteiger partial charge is 0.0535 e. The Balaban J connectivity index is 2.20. The fourth-order valence-corrected chi connectivity index (χ4v) is 2.52. The van der Waals surface area contributed by atoms with Gasteiger partial charge in [0.05, 0.1) is 6.20 Å². The number of aromatic nitrogens is 2. The van der Waals surface area contributed by atoms with Gasteiger partial charge in [-0.1, -0.05) is 6.42 Å². The molecule has 0 spiro atoms. The van der Waals surface area contributed by atoms with Gasteiger partial charge in [-0.15, -0.1) is 0 Å². The van der Waals surface area contributed by atoms with Crippen molar-refractivity contribution < 1.29 is 0 Å². The van der Waals surface area contributed by atoms with Crippen molar-refractivity contribution in [3.8, 4) is 0 Å². The first-order chi connectivity index (χ1) is 7.09. The number of nitrogens with zero attached hydrogens (tertiary/aromatic N) is 2. The molecule has 3 heteroatoms. The van der Waals surface area contributed by atoms with E-state index < -0.39 is 0 Å². The van der Waals surface area contributed by atoms with Crippen LogP contribution in [0.1, 0.15) is 51.6 Å². The molecule has 84 valence electrons. The summed E-state index contributed by atoms with van der Waals surface area (Å²) in [6.45, 7) is 8.10. The Bertz CT molecular complexity index is 297. The fraction of sp³-hybridized carbons (Fsp3) is 0.750. The van der Waals surface area contributed by atoms with Crippen molar-refractivity contribution in [2.45, 2.75) is 51.6 Å². The zero-order valence-electron chi connectivity index (χ0n) is 9.95. The van der Waals surface area contributed by atoms with Crippen LogP contribution in [0.3, 0.4) is 0 Å². The lowest BCUT2D eigenvalue weighted by atomic mass is 9.92. The van der Waals surface area contributed by atoms with Gasteiger partial charge in [0.2, 0.25) is 0 Å². The van der Waals surface area contributed by atoms with Gasteiger partial charge in [0.15, 0.2) is 0 Å². The van der Waals surface area contributed by atoms with Crippen LogP contribution in [-0.2, 0) is 0 Å². The second kappa shape index (κ2) is 3.97. The SMILES string of the molecule is CC(C)(C)N1CCCC[C@H]1c1cn[nH]c1. The molecule has 0 aromatic carbocycles. The molecular formula is C12H21N3. The highest BCUT2D eigenvalue weighted by atomic mass is 15.2. The number of aromatic amines is 1. The van der Waals surface area contributed by atoms with Gasteiger partial charge < -0.3 is 0 Å². The normalized spacial score (nSPS) is 24.3. The van der Waals surface area contributed by atoms with Crippen LogP contribution in [0.2, 0.25) is 0 Å². The van der Waals surface area contributed by atoms with Gasteiger partial charge in [0.25, 0.3) is 0 Å². The van der Waals surface area contributed by atoms with Gasteiger partial charge in [-0.05, 0) is 40.2 Å². The monoisotopic (exact) mass is 207 g/mol. The molecule has 0 saturated carbocycles. The Morgan fingerprint density at radius 2 is 2.20 bits per heavy atom. The molecule has 15 heavy (non-hydrogen) atoms. The maximum atomic E-state index is 4.06. The molecule has 1 N–H and O–H groups in total. The molecule has 0 radical (unpaired) electrons. The minimum atomic E-state index is 0.252. The summed E-state index contributed by atoms with van der Waals surface area (Å²) in [5.74, 6) is 0. The highest BCUT2D eigenvalue weighted by molar-refractivity contribution is 5.11. The summed E-state index contributed by atoms with van der Waals surface area (Å²) in [5.41, 5.74) is 1.59. The molecule has 1 atom stereocenters. The summed E-state index contributed by atoms with van der Waals surface area (Å²) < 4.78 is 0. The van der Waals surface area contributed by atoms with Crippen molar-refractivity contribution in [2.24, 2.45) is 0 Å². The fourth-order valence-electron chi connectivity index (χ4n) is 2.52. The number of hydrogen-bond donors (Lipinski definition) is 1. The summed E-state index contributed by atoms with van der Waals surface area (Å²) in [5, 5.41) is 6.98. The molecule has 0 amide bonds. The van der Waals surface area contributed by atoms with E-state index in [1.165, 1.54) is 31.4 Å². The Hall–Kier alpha value is -0.830. The highest BCUT2D eigenvalue weighted by Gasteiger charge is 2.32. The molecule has 2 heterocycles. The average Bonchev–Trinajstić information content (AvgIpc) is 2.69. The third-order valence-corrected chi connectivity index (χ3v) is 3.27. The van der Waals surface area contributed by atoms with Crippen LogP contribution in [0.25, 0.3) is 0 Å². The third-order valence-electron chi connectivity index (χ3n) is 3.27. The summed E-state index contributed by atoms with van der Waals surface area (Å²) >= 11 is 0. The van der Waals surface area contributed by atoms with Gasteiger partial charge in [-0.3, -0.25) is 10.00 Å². The first-order valence-corrected chi connectivity index (χ1v) is 5.84. The Kier molecular flexibility index (Phi) is 2.83. The van der Waals surface area contributed by atoms with Crippen LogP contribution in [0.4, 0.5) is 0 Å². The Morgan fingerprint density at radius 1 is 1.40 bits per heavy atom. The van der Waals surface area contributed by atoms with Gasteiger partial charge >= 0.3 is 0 Å². The molecule has 0 bridgehead atoms. The number of H-pyrrole nitrogens is 1. The molecule has 2 rings (SSSR count). The van der Waals surface area contributed by atoms with E-state index in [9.17, 15) is 0 Å². The minimum absolute atomic E-state index is 0.252. The van der Waals surface area contributed by atoms with Crippen molar-refractivity contribution in [1.82, 2.24) is 15.1 Å². The Morgan fingerprint density at radius 3 is 2.80 bits per heavy atom. The largest absolute Gasteiger partial charge is 0.291 e. The quantitative estimate of drug-likeness (QED) is 0.768. The molecule has 0 aliphatic carbocycles. The minimum Gasteiger partial charge on any atom is -0.291 e. The predicted molar refractivity (Wildman–Crippen MR) is 61.6 cm³/mol. The summed E-state index contributed by atoms with van der Waals surface area (Å²) in [6.07, 6.45) is 7.92. The summed E-state index contributed by atoms with van der Waals surface area (Å²) in [4.78, 5) is 2.60. The van der Waals surface area contributed by atoms with Crippen molar-refractivity contribution in [2.75, 3.05) is 6.54 Å². The van der Waals surface area contributed by atoms with Gasteiger partial charge in [0, 0.05) is 23.3 Å². The van der Waals surface area contributed by atoms with Gasteiger partial charge in [-0.2, -0.15) is 5.10 Å². The van der Waals surface area contributed by atoms with Crippen molar-refractivity contribution in [3.63, 3.8) is 0 Å². The van der Waals surface area contributed by atoms with Crippen LogP contribution in [0, 0.1) is 0 Å². The lowest BCUT2D eigenvalue weighted by Crippen LogP contribution is -2.46. The van der Waals surface area contributed by atoms with E-state index in [1.54, 1.807) is 0 Å². The van der Waals surface area contributed by atoms with Crippen molar-refractivity contribution >= 4 is 0 Å². The average molecular weight is 207 g/mol. The first kappa shape index (κ1) is 10.7. The zero-order chi connectivity index (χ0) is 10.9. The van der Waals surface area contributed by atoms with Crippen molar-refractivity contribution in [1.29, 1.82) is 0 Å². The van der Waals surface area contributed by atoms with E-state index in [-0.39, 0.29) is 5.54 Å². The molecule has 1 fully saturated rings. The van der Waals surface area contributed by atoms with E-state index in [4.69, 9.17) is 0 Å². The van der Waals surface area contributed by atoms with E-state index in [0.29, 0.717) is 6.04 Å². The number of piperidine rings is 1. The van der Waals surface area contributed by atoms with E-state index in [0.717, 1.165) is 0 Å². The van der Waals surface area contributed by atoms with E-state index in [1.807, 2.05) is 12.4 Å². The second-order valence-electron chi connectivity index (χ2n) is 5.41. The third kappa shape index (κ3) is 2.23. The van der Waals surface area contributed by atoms with Crippen LogP contribution in [-0.4, -0.2) is 27.2 Å². The molecule has 1 aromatic heterocycles. The van der Waals surface area contributed by atoms with E-state index >= 15 is 0 Å². The zero-order valence-corrected chi connectivity index (χ0v) is 9.95. The maximum Gasteiger partial charge on any atom is 0.0535 e. The van der Waals surface area contributed by atoms with Gasteiger partial charge in [-0.25, -0.2) is 0 Å². The van der Waals surface area contributed by atoms with Crippen LogP contribution < -0.4 is 0 Å². The number of nitrogens with one attached hydrogen (secondary N) is 1. The maximum absolute atomic E-state index is 4.06. The van der Waals surface area contributed by atoms with Crippen LogP contribution >= 0.6 is 0 Å². The predicted octanol–water partition coefficient (Wildman–Crippen LogP) is 2.74. The van der Waals surface area contributed by atoms with E-state index in [2.05, 4.69) is 35.9 Å². The number of likely N-dealkylation sites (tertiary alicyclic amines) is 1. The molecule has 3 nitrogen and oxygen atoms in total. The summed E-state index contributed by atoms with van der Waals surface area (Å²) in [7, 11) is 0. The number of hydrogen-bond acceptors (Lipinski definition) is 2. The lowest BCUT2D eigenvalue weighted by molar-refractivity contribution is 0.0509. The highest BCUT2D eigenvalue weighted by Crippen LogP contribution is 2.35. The van der Waals surface area contributed by atoms with Gasteiger partial charge in [0.1, 0.15) is 0 Å². The van der Waals surface area contributed by atoms with Crippen LogP contribution in [0.5, 0.6) is 0 Å². The Labute approximate surface area is 91.9 Å². The topological polar surface area (TPSA) is 31.9 Å². The standard InChI is InChI=1S/C12H21N3/c1-12(2,3)15-7-5-4-6-11(15)10-8-13-14-9-10/h8-9,11H,4-7H2,1-3H3,(H,13,14)/t11-/m0/s1. The molecule has 0 unspecified atom stereocenters. The molecule has 1 saturated heterocycles. The lowest BCUT2D eigenvalue weighted by Gasteiger charge is -2.44. The molecule has 1 aromatic rings. The molecule has 1 aliphatic rings. The summed E-state index contributed by atoms with van der Waals surface area (Å²) in [6, 6.07) is 0.553. The second-order valence-corrected chi connectivity index (χ2v) is 5.41. The molecule has 1 aliphatic heterocycles. The first-order valence-electron chi connectivity index (χ1n) is 5.84. The van der Waals surface area contributed by atoms with Crippen LogP contribution in [0.15, 0.2) is 12.4 Å².